The number of aromatic nitrogens is 1. The van der Waals surface area contributed by atoms with Crippen molar-refractivity contribution in [1.29, 1.82) is 0 Å². The SMILES string of the molecule is O=C(O)CCS(=O)(=O)Nc1cnoc1. The largest absolute Gasteiger partial charge is 0.481 e. The topological polar surface area (TPSA) is 110 Å². The number of nitrogens with zero attached hydrogens (tertiary/aromatic N) is 1. The molecule has 2 N–H and O–H groups in total. The smallest absolute Gasteiger partial charge is 0.304 e. The lowest BCUT2D eigenvalue weighted by Gasteiger charge is -2.02. The summed E-state index contributed by atoms with van der Waals surface area (Å²) in [6, 6.07) is 0. The molecule has 14 heavy (non-hydrogen) atoms. The number of carboxylic acid groups (broad SMARTS) is 1. The van der Waals surface area contributed by atoms with Crippen LogP contribution in [-0.2, 0) is 14.8 Å². The molecule has 0 saturated heterocycles. The maximum Gasteiger partial charge on any atom is 0.304 e. The highest BCUT2D eigenvalue weighted by Gasteiger charge is 2.13. The second-order valence-corrected chi connectivity index (χ2v) is 4.32. The van der Waals surface area contributed by atoms with Crippen molar-refractivity contribution in [3.63, 3.8) is 0 Å². The fourth-order valence-electron chi connectivity index (χ4n) is 0.708. The molecule has 1 rings (SSSR count). The van der Waals surface area contributed by atoms with E-state index in [1.54, 1.807) is 0 Å². The molecule has 78 valence electrons. The quantitative estimate of drug-likeness (QED) is 0.716. The Labute approximate surface area is 79.8 Å². The third-order valence-electron chi connectivity index (χ3n) is 1.29. The van der Waals surface area contributed by atoms with Gasteiger partial charge in [-0.15, -0.1) is 0 Å². The molecule has 0 radical (unpaired) electrons. The van der Waals surface area contributed by atoms with Crippen LogP contribution in [-0.4, -0.2) is 30.4 Å². The zero-order chi connectivity index (χ0) is 10.6. The Morgan fingerprint density at radius 2 is 2.36 bits per heavy atom. The minimum absolute atomic E-state index is 0.176. The molecule has 0 bridgehead atoms. The highest BCUT2D eigenvalue weighted by molar-refractivity contribution is 7.92. The number of carbonyl (C=O) groups is 1. The second kappa shape index (κ2) is 4.09. The predicted octanol–water partition coefficient (Wildman–Crippen LogP) is -0.109. The average molecular weight is 220 g/mol. The standard InChI is InChI=1S/C6H8N2O5S/c9-6(10)1-2-14(11,12)8-5-3-7-13-4-5/h3-4,8H,1-2H2,(H,9,10). The van der Waals surface area contributed by atoms with Gasteiger partial charge in [0.15, 0.2) is 0 Å². The third-order valence-corrected chi connectivity index (χ3v) is 2.58. The molecule has 1 heterocycles. The van der Waals surface area contributed by atoms with Gasteiger partial charge in [0.25, 0.3) is 0 Å². The van der Waals surface area contributed by atoms with E-state index in [0.29, 0.717) is 0 Å². The Morgan fingerprint density at radius 3 is 2.86 bits per heavy atom. The van der Waals surface area contributed by atoms with Crippen molar-refractivity contribution in [3.05, 3.63) is 12.5 Å². The van der Waals surface area contributed by atoms with Gasteiger partial charge in [-0.25, -0.2) is 8.42 Å². The van der Waals surface area contributed by atoms with Crippen molar-refractivity contribution < 1.29 is 22.8 Å². The second-order valence-electron chi connectivity index (χ2n) is 2.48. The Morgan fingerprint density at radius 1 is 1.64 bits per heavy atom. The van der Waals surface area contributed by atoms with Crippen LogP contribution in [0.1, 0.15) is 6.42 Å². The van der Waals surface area contributed by atoms with E-state index in [4.69, 9.17) is 5.11 Å². The van der Waals surface area contributed by atoms with E-state index in [0.717, 1.165) is 6.26 Å². The first-order valence-corrected chi connectivity index (χ1v) is 5.26. The maximum absolute atomic E-state index is 11.2. The summed E-state index contributed by atoms with van der Waals surface area (Å²) in [5.74, 6) is -1.64. The van der Waals surface area contributed by atoms with Crippen LogP contribution in [0.25, 0.3) is 0 Å². The lowest BCUT2D eigenvalue weighted by atomic mass is 10.5. The first kappa shape index (κ1) is 10.5. The van der Waals surface area contributed by atoms with Gasteiger partial charge in [-0.3, -0.25) is 9.52 Å². The van der Waals surface area contributed by atoms with Crippen LogP contribution in [0.5, 0.6) is 0 Å². The van der Waals surface area contributed by atoms with Crippen LogP contribution >= 0.6 is 0 Å². The maximum atomic E-state index is 11.2. The van der Waals surface area contributed by atoms with Gasteiger partial charge in [0.05, 0.1) is 18.4 Å². The summed E-state index contributed by atoms with van der Waals surface area (Å²) in [6.45, 7) is 0. The summed E-state index contributed by atoms with van der Waals surface area (Å²) in [5, 5.41) is 11.6. The van der Waals surface area contributed by atoms with E-state index in [1.165, 1.54) is 6.20 Å². The fraction of sp³-hybridized carbons (Fsp3) is 0.333. The first-order valence-electron chi connectivity index (χ1n) is 3.61. The van der Waals surface area contributed by atoms with Gasteiger partial charge in [0, 0.05) is 0 Å². The summed E-state index contributed by atoms with van der Waals surface area (Å²) < 4.78 is 28.8. The lowest BCUT2D eigenvalue weighted by Crippen LogP contribution is -2.18. The molecule has 0 aromatic carbocycles. The van der Waals surface area contributed by atoms with Crippen molar-refractivity contribution in [2.45, 2.75) is 6.42 Å². The summed E-state index contributed by atoms with van der Waals surface area (Å²) in [6.07, 6.45) is 1.84. The van der Waals surface area contributed by atoms with Crippen LogP contribution in [0.15, 0.2) is 17.0 Å². The lowest BCUT2D eigenvalue weighted by molar-refractivity contribution is -0.136. The normalized spacial score (nSPS) is 11.1. The van der Waals surface area contributed by atoms with E-state index in [2.05, 4.69) is 14.4 Å². The van der Waals surface area contributed by atoms with Crippen molar-refractivity contribution in [3.8, 4) is 0 Å². The van der Waals surface area contributed by atoms with Crippen LogP contribution in [0, 0.1) is 0 Å². The van der Waals surface area contributed by atoms with Gasteiger partial charge in [-0.05, 0) is 0 Å². The number of nitrogens with one attached hydrogen (secondary N) is 1. The number of sulfonamides is 1. The molecular weight excluding hydrogens is 212 g/mol. The monoisotopic (exact) mass is 220 g/mol. The summed E-state index contributed by atoms with van der Waals surface area (Å²) in [7, 11) is -3.63. The van der Waals surface area contributed by atoms with Crippen LogP contribution in [0.2, 0.25) is 0 Å². The van der Waals surface area contributed by atoms with Crippen molar-refractivity contribution in [2.24, 2.45) is 0 Å². The number of carboxylic acids is 1. The molecule has 7 nitrogen and oxygen atoms in total. The Bertz CT molecular complexity index is 396. The minimum Gasteiger partial charge on any atom is -0.481 e. The van der Waals surface area contributed by atoms with Crippen molar-refractivity contribution >= 4 is 21.7 Å². The molecular formula is C6H8N2O5S. The van der Waals surface area contributed by atoms with Gasteiger partial charge in [0.2, 0.25) is 10.0 Å². The molecule has 0 spiro atoms. The summed E-state index contributed by atoms with van der Waals surface area (Å²) in [4.78, 5) is 10.1. The highest BCUT2D eigenvalue weighted by atomic mass is 32.2. The van der Waals surface area contributed by atoms with Crippen molar-refractivity contribution in [1.82, 2.24) is 5.16 Å². The fourth-order valence-corrected chi connectivity index (χ4v) is 1.71. The molecule has 0 aliphatic carbocycles. The molecule has 0 saturated carbocycles. The Hall–Kier alpha value is -1.57. The van der Waals surface area contributed by atoms with E-state index < -0.39 is 28.2 Å². The molecule has 1 aromatic heterocycles. The molecule has 0 amide bonds. The van der Waals surface area contributed by atoms with Gasteiger partial charge in [-0.2, -0.15) is 0 Å². The van der Waals surface area contributed by atoms with Crippen LogP contribution < -0.4 is 4.72 Å². The Balaban J connectivity index is 2.55. The van der Waals surface area contributed by atoms with Crippen LogP contribution in [0.3, 0.4) is 0 Å². The number of rotatable bonds is 5. The van der Waals surface area contributed by atoms with E-state index in [9.17, 15) is 13.2 Å². The number of hydrogen-bond donors (Lipinski definition) is 2. The average Bonchev–Trinajstić information content (AvgIpc) is 2.53. The zero-order valence-electron chi connectivity index (χ0n) is 7.00. The molecule has 1 aromatic rings. The van der Waals surface area contributed by atoms with Gasteiger partial charge < -0.3 is 9.63 Å². The number of aliphatic carboxylic acids is 1. The van der Waals surface area contributed by atoms with E-state index in [-0.39, 0.29) is 5.69 Å². The molecule has 8 heteroatoms. The van der Waals surface area contributed by atoms with E-state index >= 15 is 0 Å². The summed E-state index contributed by atoms with van der Waals surface area (Å²) >= 11 is 0. The molecule has 0 aliphatic heterocycles. The van der Waals surface area contributed by atoms with Crippen LogP contribution in [0.4, 0.5) is 5.69 Å². The third kappa shape index (κ3) is 3.44. The summed E-state index contributed by atoms with van der Waals surface area (Å²) in [5.41, 5.74) is 0.176. The number of hydrogen-bond acceptors (Lipinski definition) is 5. The van der Waals surface area contributed by atoms with E-state index in [1.807, 2.05) is 0 Å². The Kier molecular flexibility index (Phi) is 3.07. The van der Waals surface area contributed by atoms with Crippen molar-refractivity contribution in [2.75, 3.05) is 10.5 Å². The van der Waals surface area contributed by atoms with Gasteiger partial charge in [0.1, 0.15) is 12.0 Å². The van der Waals surface area contributed by atoms with Gasteiger partial charge >= 0.3 is 5.97 Å². The predicted molar refractivity (Wildman–Crippen MR) is 46.2 cm³/mol. The van der Waals surface area contributed by atoms with Gasteiger partial charge in [-0.1, -0.05) is 5.16 Å². The first-order chi connectivity index (χ1) is 6.49. The zero-order valence-corrected chi connectivity index (χ0v) is 7.82. The number of anilines is 1. The minimum atomic E-state index is -3.63. The molecule has 0 aliphatic rings. The highest BCUT2D eigenvalue weighted by Crippen LogP contribution is 2.07. The molecule has 0 unspecified atom stereocenters. The molecule has 0 fully saturated rings. The molecule has 0 atom stereocenters.